The molecule has 1 aromatic heterocycles. The Morgan fingerprint density at radius 1 is 1.08 bits per heavy atom. The normalized spacial score (nSPS) is 15.2. The number of nitrogens with one attached hydrogen (secondary N) is 1. The van der Waals surface area contributed by atoms with Crippen LogP contribution < -0.4 is 19.5 Å². The van der Waals surface area contributed by atoms with Gasteiger partial charge in [0.25, 0.3) is 5.91 Å². The molecule has 8 nitrogen and oxygen atoms in total. The molecule has 3 aromatic rings. The Morgan fingerprint density at radius 3 is 2.36 bits per heavy atom. The van der Waals surface area contributed by atoms with E-state index >= 15 is 0 Å². The highest BCUT2D eigenvalue weighted by Gasteiger charge is 2.56. The number of nitrogens with zero attached hydrogens (tertiary/aromatic N) is 1. The summed E-state index contributed by atoms with van der Waals surface area (Å²) in [4.78, 5) is 16.8. The van der Waals surface area contributed by atoms with Gasteiger partial charge in [-0.05, 0) is 48.5 Å². The van der Waals surface area contributed by atoms with Crippen molar-refractivity contribution < 1.29 is 46.4 Å². The molecule has 4 rings (SSSR count). The molecule has 1 amide bonds. The second kappa shape index (κ2) is 11.2. The van der Waals surface area contributed by atoms with Crippen LogP contribution in [0.4, 0.5) is 17.6 Å². The summed E-state index contributed by atoms with van der Waals surface area (Å²) >= 11 is 5.83. The molecule has 0 radical (unpaired) electrons. The monoisotopic (exact) mass is 570 g/mol. The minimum atomic E-state index is -5.25. The maximum atomic E-state index is 14.2. The van der Waals surface area contributed by atoms with E-state index in [2.05, 4.69) is 10.3 Å². The minimum absolute atomic E-state index is 0.0297. The van der Waals surface area contributed by atoms with Crippen molar-refractivity contribution in [1.82, 2.24) is 10.3 Å². The fourth-order valence-corrected chi connectivity index (χ4v) is 3.89. The maximum absolute atomic E-state index is 14.2. The van der Waals surface area contributed by atoms with Crippen LogP contribution in [-0.4, -0.2) is 62.3 Å². The number of alkyl halides is 3. The molecule has 1 unspecified atom stereocenters. The number of hydrogen-bond acceptors (Lipinski definition) is 7. The summed E-state index contributed by atoms with van der Waals surface area (Å²) in [5.74, 6) is -1.06. The summed E-state index contributed by atoms with van der Waals surface area (Å²) in [6.07, 6.45) is -5.42. The average Bonchev–Trinajstić information content (AvgIpc) is 2.89. The zero-order valence-corrected chi connectivity index (χ0v) is 21.4. The quantitative estimate of drug-likeness (QED) is 0.365. The van der Waals surface area contributed by atoms with Crippen LogP contribution in [0.3, 0.4) is 0 Å². The van der Waals surface area contributed by atoms with Crippen LogP contribution in [0.15, 0.2) is 48.5 Å². The van der Waals surface area contributed by atoms with Crippen molar-refractivity contribution >= 4 is 17.5 Å². The third-order valence-electron chi connectivity index (χ3n) is 6.00. The van der Waals surface area contributed by atoms with Gasteiger partial charge in [-0.15, -0.1) is 0 Å². The van der Waals surface area contributed by atoms with Crippen LogP contribution in [0.5, 0.6) is 17.2 Å². The molecule has 1 fully saturated rings. The number of carbonyl (C=O) groups is 1. The summed E-state index contributed by atoms with van der Waals surface area (Å²) < 4.78 is 77.5. The third kappa shape index (κ3) is 5.87. The predicted octanol–water partition coefficient (Wildman–Crippen LogP) is 4.52. The number of methoxy groups -OCH3 is 2. The number of aromatic nitrogens is 1. The molecule has 0 bridgehead atoms. The Bertz CT molecular complexity index is 1370. The van der Waals surface area contributed by atoms with E-state index in [4.69, 9.17) is 30.5 Å². The number of hydrogen-bond donors (Lipinski definition) is 2. The van der Waals surface area contributed by atoms with Gasteiger partial charge in [-0.2, -0.15) is 13.2 Å². The molecular formula is C26H23ClF4N2O6. The third-order valence-corrected chi connectivity index (χ3v) is 6.29. The second-order valence-electron chi connectivity index (χ2n) is 8.56. The predicted molar refractivity (Wildman–Crippen MR) is 132 cm³/mol. The smallest absolute Gasteiger partial charge is 0.424 e. The molecular weight excluding hydrogens is 548 g/mol. The van der Waals surface area contributed by atoms with Gasteiger partial charge in [0.1, 0.15) is 23.4 Å². The molecule has 1 atom stereocenters. The van der Waals surface area contributed by atoms with E-state index < -0.39 is 35.7 Å². The van der Waals surface area contributed by atoms with Gasteiger partial charge in [0.15, 0.2) is 11.5 Å². The molecule has 2 aromatic carbocycles. The molecule has 0 saturated carbocycles. The van der Waals surface area contributed by atoms with Crippen molar-refractivity contribution in [3.05, 3.63) is 70.6 Å². The Morgan fingerprint density at radius 2 is 1.77 bits per heavy atom. The lowest BCUT2D eigenvalue weighted by molar-refractivity contribution is -0.265. The van der Waals surface area contributed by atoms with Gasteiger partial charge in [-0.3, -0.25) is 4.79 Å². The summed E-state index contributed by atoms with van der Waals surface area (Å²) in [6.45, 7) is -0.467. The number of benzene rings is 2. The van der Waals surface area contributed by atoms with Gasteiger partial charge in [-0.1, -0.05) is 11.6 Å². The molecule has 1 aliphatic heterocycles. The van der Waals surface area contributed by atoms with Gasteiger partial charge in [0, 0.05) is 11.1 Å². The number of halogens is 5. The van der Waals surface area contributed by atoms with E-state index in [1.165, 1.54) is 50.6 Å². The van der Waals surface area contributed by atoms with Crippen molar-refractivity contribution in [3.63, 3.8) is 0 Å². The number of aliphatic hydroxyl groups is 1. The highest BCUT2D eigenvalue weighted by atomic mass is 35.5. The Hall–Kier alpha value is -3.61. The molecule has 1 aliphatic rings. The van der Waals surface area contributed by atoms with Crippen LogP contribution in [-0.2, 0) is 10.3 Å². The van der Waals surface area contributed by atoms with E-state index in [-0.39, 0.29) is 39.4 Å². The fraction of sp³-hybridized carbons (Fsp3) is 0.308. The molecule has 2 N–H and O–H groups in total. The van der Waals surface area contributed by atoms with Crippen molar-refractivity contribution in [2.75, 3.05) is 34.0 Å². The van der Waals surface area contributed by atoms with Crippen LogP contribution >= 0.6 is 11.6 Å². The van der Waals surface area contributed by atoms with E-state index in [9.17, 15) is 27.5 Å². The van der Waals surface area contributed by atoms with E-state index in [1.807, 2.05) is 0 Å². The van der Waals surface area contributed by atoms with Crippen LogP contribution in [0.2, 0.25) is 5.02 Å². The Balaban J connectivity index is 1.61. The van der Waals surface area contributed by atoms with Crippen molar-refractivity contribution in [3.8, 4) is 28.5 Å². The zero-order chi connectivity index (χ0) is 28.4. The van der Waals surface area contributed by atoms with Crippen LogP contribution in [0.25, 0.3) is 11.3 Å². The lowest BCUT2D eigenvalue weighted by Gasteiger charge is -2.30. The summed E-state index contributed by atoms with van der Waals surface area (Å²) in [5, 5.41) is 12.7. The van der Waals surface area contributed by atoms with Crippen LogP contribution in [0.1, 0.15) is 16.1 Å². The van der Waals surface area contributed by atoms with E-state index in [0.717, 1.165) is 12.1 Å². The highest BCUT2D eigenvalue weighted by Crippen LogP contribution is 2.40. The first-order valence-corrected chi connectivity index (χ1v) is 11.9. The van der Waals surface area contributed by atoms with Gasteiger partial charge in [-0.25, -0.2) is 9.37 Å². The zero-order valence-electron chi connectivity index (χ0n) is 20.6. The Labute approximate surface area is 225 Å². The van der Waals surface area contributed by atoms with Gasteiger partial charge < -0.3 is 29.4 Å². The average molecular weight is 571 g/mol. The first-order chi connectivity index (χ1) is 18.5. The lowest BCUT2D eigenvalue weighted by atomic mass is 9.96. The number of pyridine rings is 1. The van der Waals surface area contributed by atoms with Gasteiger partial charge in [0.2, 0.25) is 5.60 Å². The fourth-order valence-electron chi connectivity index (χ4n) is 3.71. The molecule has 13 heteroatoms. The van der Waals surface area contributed by atoms with E-state index in [1.54, 1.807) is 0 Å². The second-order valence-corrected chi connectivity index (χ2v) is 8.97. The van der Waals surface area contributed by atoms with Crippen molar-refractivity contribution in [1.29, 1.82) is 0 Å². The first-order valence-electron chi connectivity index (χ1n) is 11.5. The molecule has 0 aliphatic carbocycles. The number of rotatable bonds is 9. The minimum Gasteiger partial charge on any atom is -0.494 e. The largest absolute Gasteiger partial charge is 0.494 e. The van der Waals surface area contributed by atoms with E-state index in [0.29, 0.717) is 19.0 Å². The highest BCUT2D eigenvalue weighted by molar-refractivity contribution is 6.31. The topological polar surface area (TPSA) is 99.1 Å². The van der Waals surface area contributed by atoms with Gasteiger partial charge in [0.05, 0.1) is 44.7 Å². The molecule has 0 spiro atoms. The Kier molecular flexibility index (Phi) is 8.19. The maximum Gasteiger partial charge on any atom is 0.424 e. The summed E-state index contributed by atoms with van der Waals surface area (Å²) in [5.41, 5.74) is -4.42. The standard InChI is InChI=1S/C26H23ClF4N2O6/c1-36-20-7-8-22(33-23(20)14-3-5-18(28)17(27)9-14)25(35,26(29,30)31)13-32-24(34)15-4-6-19(21(10-15)37-2)39-16-11-38-12-16/h3-10,16,35H,11-13H2,1-2H3,(H,32,34). The summed E-state index contributed by atoms with van der Waals surface area (Å²) in [6, 6.07) is 9.64. The molecule has 39 heavy (non-hydrogen) atoms. The van der Waals surface area contributed by atoms with Crippen molar-refractivity contribution in [2.45, 2.75) is 17.9 Å². The molecule has 2 heterocycles. The SMILES string of the molecule is COc1cc(C(=O)NCC(O)(c2ccc(OC)c(-c3ccc(F)c(Cl)c3)n2)C(F)(F)F)ccc1OC1COC1. The number of carbonyl (C=O) groups excluding carboxylic acids is 1. The first kappa shape index (κ1) is 28.4. The lowest BCUT2D eigenvalue weighted by Crippen LogP contribution is -2.51. The summed E-state index contributed by atoms with van der Waals surface area (Å²) in [7, 11) is 2.62. The molecule has 208 valence electrons. The number of ether oxygens (including phenoxy) is 4. The van der Waals surface area contributed by atoms with Gasteiger partial charge >= 0.3 is 6.18 Å². The van der Waals surface area contributed by atoms with Crippen LogP contribution in [0, 0.1) is 5.82 Å². The molecule has 1 saturated heterocycles. The number of amides is 1. The van der Waals surface area contributed by atoms with Crippen molar-refractivity contribution in [2.24, 2.45) is 0 Å².